The molecule has 8 nitrogen and oxygen atoms in total. The van der Waals surface area contributed by atoms with E-state index in [2.05, 4.69) is 21.5 Å². The molecule has 8 heteroatoms. The zero-order chi connectivity index (χ0) is 16.7. The van der Waals surface area contributed by atoms with E-state index in [0.29, 0.717) is 17.0 Å². The molecule has 0 radical (unpaired) electrons. The van der Waals surface area contributed by atoms with Crippen LogP contribution in [0.2, 0.25) is 0 Å². The molecule has 0 saturated heterocycles. The fraction of sp³-hybridized carbons (Fsp3) is 0.133. The van der Waals surface area contributed by atoms with E-state index < -0.39 is 17.8 Å². The summed E-state index contributed by atoms with van der Waals surface area (Å²) in [6.45, 7) is 1.34. The van der Waals surface area contributed by atoms with Gasteiger partial charge in [-0.15, -0.1) is 0 Å². The Bertz CT molecular complexity index is 697. The van der Waals surface area contributed by atoms with Crippen molar-refractivity contribution >= 4 is 23.5 Å². The van der Waals surface area contributed by atoms with Gasteiger partial charge in [-0.05, 0) is 25.1 Å². The molecule has 0 atom stereocenters. The SMILES string of the molecule is Cc1occc1C(=O)NNC(=O)CNC(=O)Nc1ccccc1. The van der Waals surface area contributed by atoms with E-state index in [4.69, 9.17) is 4.42 Å². The minimum Gasteiger partial charge on any atom is -0.469 e. The third-order valence-electron chi connectivity index (χ3n) is 2.86. The summed E-state index contributed by atoms with van der Waals surface area (Å²) in [5, 5.41) is 4.93. The number of urea groups is 1. The number of para-hydroxylation sites is 1. The van der Waals surface area contributed by atoms with Crippen molar-refractivity contribution in [2.45, 2.75) is 6.92 Å². The van der Waals surface area contributed by atoms with Crippen LogP contribution in [0.4, 0.5) is 10.5 Å². The fourth-order valence-electron chi connectivity index (χ4n) is 1.72. The molecule has 4 amide bonds. The third-order valence-corrected chi connectivity index (χ3v) is 2.86. The summed E-state index contributed by atoms with van der Waals surface area (Å²) >= 11 is 0. The van der Waals surface area contributed by atoms with Gasteiger partial charge in [0.2, 0.25) is 0 Å². The molecule has 0 bridgehead atoms. The number of nitrogens with one attached hydrogen (secondary N) is 4. The van der Waals surface area contributed by atoms with Gasteiger partial charge in [-0.3, -0.25) is 20.4 Å². The number of anilines is 1. The van der Waals surface area contributed by atoms with Gasteiger partial charge in [-0.25, -0.2) is 4.79 Å². The van der Waals surface area contributed by atoms with E-state index in [0.717, 1.165) is 0 Å². The monoisotopic (exact) mass is 316 g/mol. The Morgan fingerprint density at radius 3 is 2.43 bits per heavy atom. The summed E-state index contributed by atoms with van der Waals surface area (Å²) in [7, 11) is 0. The number of hydrazine groups is 1. The summed E-state index contributed by atoms with van der Waals surface area (Å²) in [5.74, 6) is -0.627. The first-order chi connectivity index (χ1) is 11.1. The Hall–Kier alpha value is -3.29. The summed E-state index contributed by atoms with van der Waals surface area (Å²) in [5.41, 5.74) is 5.35. The Kier molecular flexibility index (Phi) is 5.35. The van der Waals surface area contributed by atoms with Crippen molar-refractivity contribution in [2.75, 3.05) is 11.9 Å². The van der Waals surface area contributed by atoms with Gasteiger partial charge < -0.3 is 15.1 Å². The molecule has 0 spiro atoms. The molecule has 0 unspecified atom stereocenters. The minimum absolute atomic E-state index is 0.288. The Morgan fingerprint density at radius 2 is 1.78 bits per heavy atom. The maximum Gasteiger partial charge on any atom is 0.319 e. The third kappa shape index (κ3) is 4.88. The van der Waals surface area contributed by atoms with Crippen LogP contribution < -0.4 is 21.5 Å². The zero-order valence-electron chi connectivity index (χ0n) is 12.4. The van der Waals surface area contributed by atoms with Crippen LogP contribution in [0, 0.1) is 6.92 Å². The van der Waals surface area contributed by atoms with Crippen LogP contribution in [-0.2, 0) is 4.79 Å². The van der Waals surface area contributed by atoms with Crippen molar-refractivity contribution < 1.29 is 18.8 Å². The highest BCUT2D eigenvalue weighted by Crippen LogP contribution is 2.07. The Labute approximate surface area is 132 Å². The molecule has 1 aromatic carbocycles. The van der Waals surface area contributed by atoms with Crippen molar-refractivity contribution in [1.82, 2.24) is 16.2 Å². The number of carbonyl (C=O) groups is 3. The second kappa shape index (κ2) is 7.64. The van der Waals surface area contributed by atoms with Gasteiger partial charge in [0.15, 0.2) is 0 Å². The lowest BCUT2D eigenvalue weighted by Gasteiger charge is -2.09. The second-order valence-corrected chi connectivity index (χ2v) is 4.57. The lowest BCUT2D eigenvalue weighted by molar-refractivity contribution is -0.120. The first-order valence-corrected chi connectivity index (χ1v) is 6.79. The summed E-state index contributed by atoms with van der Waals surface area (Å²) in [6.07, 6.45) is 1.38. The molecule has 2 aromatic rings. The molecule has 23 heavy (non-hydrogen) atoms. The van der Waals surface area contributed by atoms with E-state index in [1.165, 1.54) is 12.3 Å². The normalized spacial score (nSPS) is 9.78. The lowest BCUT2D eigenvalue weighted by atomic mass is 10.2. The lowest BCUT2D eigenvalue weighted by Crippen LogP contribution is -2.47. The van der Waals surface area contributed by atoms with Gasteiger partial charge in [0.25, 0.3) is 11.8 Å². The standard InChI is InChI=1S/C15H16N4O4/c1-10-12(7-8-23-10)14(21)19-18-13(20)9-16-15(22)17-11-5-3-2-4-6-11/h2-8H,9H2,1H3,(H,18,20)(H,19,21)(H2,16,17,22). The van der Waals surface area contributed by atoms with Crippen LogP contribution in [0.1, 0.15) is 16.1 Å². The molecule has 0 saturated carbocycles. The first kappa shape index (κ1) is 16.1. The van der Waals surface area contributed by atoms with Crippen LogP contribution in [0.5, 0.6) is 0 Å². The predicted molar refractivity (Wildman–Crippen MR) is 82.5 cm³/mol. The first-order valence-electron chi connectivity index (χ1n) is 6.79. The molecular formula is C15H16N4O4. The molecule has 120 valence electrons. The van der Waals surface area contributed by atoms with Crippen molar-refractivity contribution in [3.05, 3.63) is 54.0 Å². The van der Waals surface area contributed by atoms with Crippen LogP contribution in [0.25, 0.3) is 0 Å². The molecule has 1 aromatic heterocycles. The molecule has 1 heterocycles. The van der Waals surface area contributed by atoms with Crippen molar-refractivity contribution in [3.63, 3.8) is 0 Å². The van der Waals surface area contributed by atoms with Gasteiger partial charge in [-0.2, -0.15) is 0 Å². The molecule has 0 aliphatic carbocycles. The predicted octanol–water partition coefficient (Wildman–Crippen LogP) is 1.17. The Balaban J connectivity index is 1.70. The number of amides is 4. The van der Waals surface area contributed by atoms with Crippen LogP contribution in [0.15, 0.2) is 47.1 Å². The number of hydrogen-bond acceptors (Lipinski definition) is 4. The van der Waals surface area contributed by atoms with E-state index >= 15 is 0 Å². The Morgan fingerprint density at radius 1 is 1.04 bits per heavy atom. The molecule has 4 N–H and O–H groups in total. The average molecular weight is 316 g/mol. The van der Waals surface area contributed by atoms with Crippen molar-refractivity contribution in [1.29, 1.82) is 0 Å². The highest BCUT2D eigenvalue weighted by atomic mass is 16.3. The average Bonchev–Trinajstić information content (AvgIpc) is 2.98. The quantitative estimate of drug-likeness (QED) is 0.634. The summed E-state index contributed by atoms with van der Waals surface area (Å²) in [6, 6.07) is 9.76. The number of hydrogen-bond donors (Lipinski definition) is 4. The number of furan rings is 1. The zero-order valence-corrected chi connectivity index (χ0v) is 12.4. The minimum atomic E-state index is -0.567. The highest BCUT2D eigenvalue weighted by molar-refractivity contribution is 5.97. The molecule has 0 fully saturated rings. The largest absolute Gasteiger partial charge is 0.469 e. The highest BCUT2D eigenvalue weighted by Gasteiger charge is 2.12. The number of rotatable bonds is 4. The maximum atomic E-state index is 11.7. The van der Waals surface area contributed by atoms with Gasteiger partial charge in [-0.1, -0.05) is 18.2 Å². The number of carbonyl (C=O) groups excluding carboxylic acids is 3. The van der Waals surface area contributed by atoms with Gasteiger partial charge in [0.05, 0.1) is 11.8 Å². The number of benzene rings is 1. The second-order valence-electron chi connectivity index (χ2n) is 4.57. The molecule has 0 aliphatic heterocycles. The van der Waals surface area contributed by atoms with Crippen molar-refractivity contribution in [2.24, 2.45) is 0 Å². The summed E-state index contributed by atoms with van der Waals surface area (Å²) in [4.78, 5) is 34.9. The topological polar surface area (TPSA) is 112 Å². The van der Waals surface area contributed by atoms with Gasteiger partial charge in [0.1, 0.15) is 12.3 Å². The van der Waals surface area contributed by atoms with Crippen LogP contribution >= 0.6 is 0 Å². The van der Waals surface area contributed by atoms with E-state index in [1.54, 1.807) is 31.2 Å². The number of aryl methyl sites for hydroxylation is 1. The molecule has 0 aliphatic rings. The molecule has 2 rings (SSSR count). The fourth-order valence-corrected chi connectivity index (χ4v) is 1.72. The van der Waals surface area contributed by atoms with E-state index in [1.807, 2.05) is 6.07 Å². The van der Waals surface area contributed by atoms with Crippen molar-refractivity contribution in [3.8, 4) is 0 Å². The summed E-state index contributed by atoms with van der Waals surface area (Å²) < 4.78 is 4.99. The van der Waals surface area contributed by atoms with Crippen LogP contribution in [-0.4, -0.2) is 24.4 Å². The van der Waals surface area contributed by atoms with E-state index in [9.17, 15) is 14.4 Å². The van der Waals surface area contributed by atoms with E-state index in [-0.39, 0.29) is 6.54 Å². The molecular weight excluding hydrogens is 300 g/mol. The smallest absolute Gasteiger partial charge is 0.319 e. The van der Waals surface area contributed by atoms with Crippen LogP contribution in [0.3, 0.4) is 0 Å². The van der Waals surface area contributed by atoms with Gasteiger partial charge >= 0.3 is 6.03 Å². The maximum absolute atomic E-state index is 11.7. The van der Waals surface area contributed by atoms with Gasteiger partial charge in [0, 0.05) is 5.69 Å².